The van der Waals surface area contributed by atoms with Crippen LogP contribution in [-0.4, -0.2) is 20.2 Å². The minimum Gasteiger partial charge on any atom is -0.504 e. The Morgan fingerprint density at radius 2 is 1.21 bits per heavy atom. The highest BCUT2D eigenvalue weighted by atomic mass is 16.3. The standard InChI is InChI=1S/C49H38N2O2/c1-6-9-12-33(7-2)35-15-20-37(21-16-35)44-30-45(38-22-24-39(25-23-38)46-31(4)32(5)47(52)48(53)43(46)8-3)51-49(50-44)40-26-17-36(18-27-40)42-28-19-34-13-10-11-14-41(34)29-42/h3,6-7,9-30,52-53H,2H2,1,4-5H3/b9-6-,33-12+. The van der Waals surface area contributed by atoms with Crippen LogP contribution in [0.15, 0.2) is 152 Å². The van der Waals surface area contributed by atoms with Crippen molar-refractivity contribution >= 4 is 16.3 Å². The van der Waals surface area contributed by atoms with Gasteiger partial charge in [-0.3, -0.25) is 0 Å². The second kappa shape index (κ2) is 14.7. The van der Waals surface area contributed by atoms with Gasteiger partial charge in [0, 0.05) is 22.3 Å². The number of phenolic OH excluding ortho intramolecular Hbond substituents is 2. The molecule has 1 aromatic heterocycles. The molecule has 0 aliphatic heterocycles. The van der Waals surface area contributed by atoms with Gasteiger partial charge in [-0.25, -0.2) is 9.97 Å². The summed E-state index contributed by atoms with van der Waals surface area (Å²) >= 11 is 0. The number of nitrogens with zero attached hydrogens (tertiary/aromatic N) is 2. The summed E-state index contributed by atoms with van der Waals surface area (Å²) in [6.45, 7) is 9.65. The maximum atomic E-state index is 10.7. The first kappa shape index (κ1) is 34.5. The van der Waals surface area contributed by atoms with Gasteiger partial charge in [0.15, 0.2) is 17.3 Å². The third-order valence-corrected chi connectivity index (χ3v) is 9.77. The van der Waals surface area contributed by atoms with E-state index in [2.05, 4.69) is 103 Å². The number of hydrogen-bond acceptors (Lipinski definition) is 4. The maximum absolute atomic E-state index is 10.7. The second-order valence-electron chi connectivity index (χ2n) is 12.9. The molecule has 0 unspecified atom stereocenters. The van der Waals surface area contributed by atoms with E-state index >= 15 is 0 Å². The fourth-order valence-electron chi connectivity index (χ4n) is 6.64. The Labute approximate surface area is 310 Å². The topological polar surface area (TPSA) is 66.2 Å². The van der Waals surface area contributed by atoms with Gasteiger partial charge in [0.05, 0.1) is 17.0 Å². The van der Waals surface area contributed by atoms with Gasteiger partial charge in [0.2, 0.25) is 0 Å². The average molecular weight is 687 g/mol. The van der Waals surface area contributed by atoms with E-state index in [9.17, 15) is 10.2 Å². The van der Waals surface area contributed by atoms with E-state index in [0.717, 1.165) is 61.5 Å². The Morgan fingerprint density at radius 1 is 0.642 bits per heavy atom. The van der Waals surface area contributed by atoms with Gasteiger partial charge >= 0.3 is 0 Å². The van der Waals surface area contributed by atoms with Crippen LogP contribution in [0.3, 0.4) is 0 Å². The molecule has 7 rings (SSSR count). The van der Waals surface area contributed by atoms with Gasteiger partial charge in [0.1, 0.15) is 0 Å². The highest BCUT2D eigenvalue weighted by molar-refractivity contribution is 5.88. The van der Waals surface area contributed by atoms with Crippen LogP contribution in [0, 0.1) is 26.2 Å². The highest BCUT2D eigenvalue weighted by Crippen LogP contribution is 2.42. The number of rotatable bonds is 8. The van der Waals surface area contributed by atoms with E-state index in [0.29, 0.717) is 17.0 Å². The fraction of sp³-hybridized carbons (Fsp3) is 0.0612. The van der Waals surface area contributed by atoms with Gasteiger partial charge in [-0.15, -0.1) is 6.42 Å². The Hall–Kier alpha value is -6.96. The first-order valence-corrected chi connectivity index (χ1v) is 17.5. The van der Waals surface area contributed by atoms with Gasteiger partial charge in [-0.05, 0) is 82.6 Å². The van der Waals surface area contributed by atoms with Crippen LogP contribution in [0.25, 0.3) is 72.5 Å². The van der Waals surface area contributed by atoms with E-state index < -0.39 is 0 Å². The summed E-state index contributed by atoms with van der Waals surface area (Å²) in [5.74, 6) is 2.71. The average Bonchev–Trinajstić information content (AvgIpc) is 3.21. The lowest BCUT2D eigenvalue weighted by Crippen LogP contribution is -1.97. The molecule has 0 saturated heterocycles. The SMILES string of the molecule is C#Cc1c(O)c(O)c(C)c(C)c1-c1ccc(-c2cc(-c3ccc(/C(C=C)=C/C=C\C)cc3)nc(-c3ccc(-c4ccc5ccccc5c4)cc3)n2)cc1. The van der Waals surface area contributed by atoms with E-state index in [1.54, 1.807) is 6.92 Å². The molecule has 0 saturated carbocycles. The van der Waals surface area contributed by atoms with Crippen molar-refractivity contribution < 1.29 is 10.2 Å². The first-order valence-electron chi connectivity index (χ1n) is 17.5. The van der Waals surface area contributed by atoms with Crippen molar-refractivity contribution in [2.45, 2.75) is 20.8 Å². The van der Waals surface area contributed by atoms with Crippen molar-refractivity contribution in [3.8, 4) is 80.0 Å². The molecule has 0 fully saturated rings. The van der Waals surface area contributed by atoms with Crippen LogP contribution in [0.1, 0.15) is 29.2 Å². The molecule has 0 amide bonds. The largest absolute Gasteiger partial charge is 0.504 e. The summed E-state index contributed by atoms with van der Waals surface area (Å²) in [5.41, 5.74) is 11.9. The van der Waals surface area contributed by atoms with Crippen LogP contribution < -0.4 is 0 Å². The molecule has 7 aromatic rings. The monoisotopic (exact) mass is 686 g/mol. The summed E-state index contributed by atoms with van der Waals surface area (Å²) in [6.07, 6.45) is 13.7. The number of allylic oxidation sites excluding steroid dienone is 5. The number of terminal acetylenes is 1. The zero-order chi connectivity index (χ0) is 37.1. The summed E-state index contributed by atoms with van der Waals surface area (Å²) < 4.78 is 0. The van der Waals surface area contributed by atoms with Crippen molar-refractivity contribution in [1.29, 1.82) is 0 Å². The lowest BCUT2D eigenvalue weighted by molar-refractivity contribution is 0.400. The molecule has 4 heteroatoms. The molecule has 1 heterocycles. The van der Waals surface area contributed by atoms with E-state index in [1.807, 2.05) is 68.5 Å². The predicted molar refractivity (Wildman–Crippen MR) is 220 cm³/mol. The number of aromatic hydroxyl groups is 2. The van der Waals surface area contributed by atoms with Crippen LogP contribution >= 0.6 is 0 Å². The minimum atomic E-state index is -0.282. The molecule has 53 heavy (non-hydrogen) atoms. The molecule has 0 radical (unpaired) electrons. The van der Waals surface area contributed by atoms with E-state index in [1.165, 1.54) is 10.8 Å². The lowest BCUT2D eigenvalue weighted by Gasteiger charge is -2.16. The Balaban J connectivity index is 1.31. The molecule has 0 atom stereocenters. The smallest absolute Gasteiger partial charge is 0.174 e. The summed E-state index contributed by atoms with van der Waals surface area (Å²) in [5, 5.41) is 23.5. The molecular formula is C49H38N2O2. The molecule has 0 bridgehead atoms. The van der Waals surface area contributed by atoms with Crippen molar-refractivity contribution in [3.05, 3.63) is 174 Å². The summed E-state index contributed by atoms with van der Waals surface area (Å²) in [7, 11) is 0. The van der Waals surface area contributed by atoms with Gasteiger partial charge in [-0.2, -0.15) is 0 Å². The van der Waals surface area contributed by atoms with Crippen molar-refractivity contribution in [2.75, 3.05) is 0 Å². The molecule has 0 aliphatic rings. The Morgan fingerprint density at radius 3 is 1.83 bits per heavy atom. The van der Waals surface area contributed by atoms with Crippen molar-refractivity contribution in [2.24, 2.45) is 0 Å². The Kier molecular flexibility index (Phi) is 9.58. The number of aromatic nitrogens is 2. The third kappa shape index (κ3) is 6.77. The first-order chi connectivity index (χ1) is 25.8. The zero-order valence-electron chi connectivity index (χ0n) is 29.9. The van der Waals surface area contributed by atoms with Crippen LogP contribution in [0.4, 0.5) is 0 Å². The fourth-order valence-corrected chi connectivity index (χ4v) is 6.64. The number of benzene rings is 6. The number of fused-ring (bicyclic) bond motifs is 1. The van der Waals surface area contributed by atoms with Crippen LogP contribution in [-0.2, 0) is 0 Å². The minimum absolute atomic E-state index is 0.190. The normalized spacial score (nSPS) is 11.5. The molecule has 2 N–H and O–H groups in total. The molecule has 0 aliphatic carbocycles. The number of hydrogen-bond donors (Lipinski definition) is 2. The molecular weight excluding hydrogens is 649 g/mol. The third-order valence-electron chi connectivity index (χ3n) is 9.77. The van der Waals surface area contributed by atoms with E-state index in [-0.39, 0.29) is 17.1 Å². The van der Waals surface area contributed by atoms with Crippen molar-refractivity contribution in [1.82, 2.24) is 9.97 Å². The molecule has 256 valence electrons. The summed E-state index contributed by atoms with van der Waals surface area (Å²) in [6, 6.07) is 41.6. The predicted octanol–water partition coefficient (Wildman–Crippen LogP) is 12.1. The van der Waals surface area contributed by atoms with Crippen LogP contribution in [0.5, 0.6) is 11.5 Å². The lowest BCUT2D eigenvalue weighted by atomic mass is 9.90. The van der Waals surface area contributed by atoms with Gasteiger partial charge in [0.25, 0.3) is 0 Å². The van der Waals surface area contributed by atoms with Crippen molar-refractivity contribution in [3.63, 3.8) is 0 Å². The second-order valence-corrected chi connectivity index (χ2v) is 12.9. The maximum Gasteiger partial charge on any atom is 0.174 e. The molecule has 4 nitrogen and oxygen atoms in total. The zero-order valence-corrected chi connectivity index (χ0v) is 29.9. The number of phenols is 2. The van der Waals surface area contributed by atoms with E-state index in [4.69, 9.17) is 16.4 Å². The summed E-state index contributed by atoms with van der Waals surface area (Å²) in [4.78, 5) is 10.2. The van der Waals surface area contributed by atoms with Gasteiger partial charge in [-0.1, -0.05) is 146 Å². The van der Waals surface area contributed by atoms with Crippen LogP contribution in [0.2, 0.25) is 0 Å². The Bertz CT molecular complexity index is 2600. The van der Waals surface area contributed by atoms with Gasteiger partial charge < -0.3 is 10.2 Å². The quantitative estimate of drug-likeness (QED) is 0.0949. The molecule has 0 spiro atoms. The molecule has 6 aromatic carbocycles. The highest BCUT2D eigenvalue weighted by Gasteiger charge is 2.20.